The second kappa shape index (κ2) is 7.06. The van der Waals surface area contributed by atoms with Crippen LogP contribution in [0.1, 0.15) is 13.8 Å². The SMILES string of the molecule is C=C(C)CN(CC)C(=O)CSc1cccc[n+]1[O-]. The van der Waals surface area contributed by atoms with E-state index in [0.29, 0.717) is 18.1 Å². The molecule has 98 valence electrons. The van der Waals surface area contributed by atoms with Gasteiger partial charge in [-0.2, -0.15) is 4.73 Å². The standard InChI is InChI=1S/C13H18N2O2S/c1-4-14(9-11(2)3)12(16)10-18-13-7-5-6-8-15(13)17/h5-8H,2,4,9-10H2,1,3H3. The topological polar surface area (TPSA) is 47.2 Å². The molecule has 0 spiro atoms. The Bertz CT molecular complexity index is 435. The zero-order valence-electron chi connectivity index (χ0n) is 10.8. The second-order valence-electron chi connectivity index (χ2n) is 4.02. The van der Waals surface area contributed by atoms with Gasteiger partial charge in [-0.15, -0.1) is 0 Å². The minimum absolute atomic E-state index is 0.0225. The smallest absolute Gasteiger partial charge is 0.251 e. The molecule has 1 heterocycles. The first-order valence-electron chi connectivity index (χ1n) is 5.77. The number of hydrogen-bond acceptors (Lipinski definition) is 3. The molecule has 1 aromatic heterocycles. The molecule has 1 rings (SSSR count). The number of carbonyl (C=O) groups is 1. The summed E-state index contributed by atoms with van der Waals surface area (Å²) >= 11 is 1.26. The van der Waals surface area contributed by atoms with E-state index in [4.69, 9.17) is 0 Å². The Kier molecular flexibility index (Phi) is 5.71. The lowest BCUT2D eigenvalue weighted by Gasteiger charge is -2.20. The molecule has 0 saturated heterocycles. The van der Waals surface area contributed by atoms with E-state index < -0.39 is 0 Å². The first-order chi connectivity index (χ1) is 8.54. The van der Waals surface area contributed by atoms with Crippen LogP contribution in [0.25, 0.3) is 0 Å². The van der Waals surface area contributed by atoms with Crippen molar-refractivity contribution in [1.29, 1.82) is 0 Å². The number of carbonyl (C=O) groups excluding carboxylic acids is 1. The third kappa shape index (κ3) is 4.41. The third-order valence-electron chi connectivity index (χ3n) is 2.33. The molecule has 1 amide bonds. The minimum atomic E-state index is 0.0225. The Labute approximate surface area is 112 Å². The van der Waals surface area contributed by atoms with Crippen LogP contribution in [0.3, 0.4) is 0 Å². The van der Waals surface area contributed by atoms with Gasteiger partial charge in [0.1, 0.15) is 0 Å². The lowest BCUT2D eigenvalue weighted by atomic mass is 10.3. The molecule has 0 bridgehead atoms. The molecule has 0 aliphatic rings. The Morgan fingerprint density at radius 1 is 1.56 bits per heavy atom. The van der Waals surface area contributed by atoms with Gasteiger partial charge in [0.15, 0.2) is 6.20 Å². The van der Waals surface area contributed by atoms with Crippen molar-refractivity contribution in [1.82, 2.24) is 4.90 Å². The number of pyridine rings is 1. The number of thioether (sulfide) groups is 1. The van der Waals surface area contributed by atoms with Crippen molar-refractivity contribution in [3.8, 4) is 0 Å². The predicted molar refractivity (Wildman–Crippen MR) is 73.2 cm³/mol. The zero-order chi connectivity index (χ0) is 13.5. The molecule has 5 heteroatoms. The molecule has 1 aromatic rings. The fourth-order valence-corrected chi connectivity index (χ4v) is 2.27. The first-order valence-corrected chi connectivity index (χ1v) is 6.76. The molecule has 0 atom stereocenters. The summed E-state index contributed by atoms with van der Waals surface area (Å²) < 4.78 is 0.771. The monoisotopic (exact) mass is 266 g/mol. The molecule has 0 saturated carbocycles. The van der Waals surface area contributed by atoms with Gasteiger partial charge in [0.05, 0.1) is 5.75 Å². The number of aromatic nitrogens is 1. The fourth-order valence-electron chi connectivity index (χ4n) is 1.45. The van der Waals surface area contributed by atoms with Crippen LogP contribution in [-0.2, 0) is 4.79 Å². The third-order valence-corrected chi connectivity index (χ3v) is 3.33. The van der Waals surface area contributed by atoms with Crippen LogP contribution in [0, 0.1) is 5.21 Å². The van der Waals surface area contributed by atoms with Crippen molar-refractivity contribution in [3.05, 3.63) is 41.8 Å². The summed E-state index contributed by atoms with van der Waals surface area (Å²) in [6.45, 7) is 8.85. The van der Waals surface area contributed by atoms with E-state index in [1.165, 1.54) is 18.0 Å². The van der Waals surface area contributed by atoms with Gasteiger partial charge in [-0.3, -0.25) is 4.79 Å². The predicted octanol–water partition coefficient (Wildman–Crippen LogP) is 1.84. The highest BCUT2D eigenvalue weighted by molar-refractivity contribution is 7.99. The maximum absolute atomic E-state index is 11.9. The summed E-state index contributed by atoms with van der Waals surface area (Å²) in [5, 5.41) is 11.9. The van der Waals surface area contributed by atoms with E-state index in [1.807, 2.05) is 13.8 Å². The molecule has 4 nitrogen and oxygen atoms in total. The van der Waals surface area contributed by atoms with Crippen LogP contribution in [0.2, 0.25) is 0 Å². The van der Waals surface area contributed by atoms with Crippen molar-refractivity contribution in [2.24, 2.45) is 0 Å². The minimum Gasteiger partial charge on any atom is -0.618 e. The molecule has 0 fully saturated rings. The van der Waals surface area contributed by atoms with Gasteiger partial charge < -0.3 is 10.1 Å². The molecule has 0 aromatic carbocycles. The van der Waals surface area contributed by atoms with Crippen molar-refractivity contribution < 1.29 is 9.52 Å². The van der Waals surface area contributed by atoms with E-state index in [1.54, 1.807) is 23.1 Å². The summed E-state index contributed by atoms with van der Waals surface area (Å²) in [6, 6.07) is 5.16. The first kappa shape index (κ1) is 14.6. The average molecular weight is 266 g/mol. The van der Waals surface area contributed by atoms with Crippen LogP contribution in [0.15, 0.2) is 41.6 Å². The zero-order valence-corrected chi connectivity index (χ0v) is 11.6. The normalized spacial score (nSPS) is 10.1. The highest BCUT2D eigenvalue weighted by Gasteiger charge is 2.14. The number of amides is 1. The van der Waals surface area contributed by atoms with E-state index in [-0.39, 0.29) is 11.7 Å². The number of rotatable bonds is 6. The molecule has 0 N–H and O–H groups in total. The Morgan fingerprint density at radius 2 is 2.28 bits per heavy atom. The second-order valence-corrected chi connectivity index (χ2v) is 5.01. The number of likely N-dealkylation sites (N-methyl/N-ethyl adjacent to an activating group) is 1. The summed E-state index contributed by atoms with van der Waals surface area (Å²) in [5.74, 6) is 0.294. The summed E-state index contributed by atoms with van der Waals surface area (Å²) in [7, 11) is 0. The van der Waals surface area contributed by atoms with Crippen molar-refractivity contribution in [3.63, 3.8) is 0 Å². The lowest BCUT2D eigenvalue weighted by Crippen LogP contribution is -2.34. The summed E-state index contributed by atoms with van der Waals surface area (Å²) in [5.41, 5.74) is 0.953. The van der Waals surface area contributed by atoms with E-state index >= 15 is 0 Å². The quantitative estimate of drug-likeness (QED) is 0.341. The summed E-state index contributed by atoms with van der Waals surface area (Å²) in [4.78, 5) is 13.7. The van der Waals surface area contributed by atoms with Gasteiger partial charge in [-0.1, -0.05) is 12.2 Å². The largest absolute Gasteiger partial charge is 0.618 e. The molecule has 0 aliphatic heterocycles. The van der Waals surface area contributed by atoms with Crippen molar-refractivity contribution in [2.75, 3.05) is 18.8 Å². The number of hydrogen-bond donors (Lipinski definition) is 0. The van der Waals surface area contributed by atoms with Crippen LogP contribution < -0.4 is 4.73 Å². The van der Waals surface area contributed by atoms with Gasteiger partial charge in [0, 0.05) is 25.2 Å². The highest BCUT2D eigenvalue weighted by atomic mass is 32.2. The molecule has 0 aliphatic carbocycles. The van der Waals surface area contributed by atoms with Crippen LogP contribution in [0.5, 0.6) is 0 Å². The average Bonchev–Trinajstić information content (AvgIpc) is 2.34. The van der Waals surface area contributed by atoms with Gasteiger partial charge in [0.25, 0.3) is 5.03 Å². The van der Waals surface area contributed by atoms with Gasteiger partial charge in [-0.25, -0.2) is 0 Å². The summed E-state index contributed by atoms with van der Waals surface area (Å²) in [6.07, 6.45) is 1.43. The van der Waals surface area contributed by atoms with Crippen molar-refractivity contribution in [2.45, 2.75) is 18.9 Å². The Hall–Kier alpha value is -1.49. The van der Waals surface area contributed by atoms with Crippen molar-refractivity contribution >= 4 is 17.7 Å². The molecular formula is C13H18N2O2S. The highest BCUT2D eigenvalue weighted by Crippen LogP contribution is 2.13. The van der Waals surface area contributed by atoms with Crippen LogP contribution in [-0.4, -0.2) is 29.6 Å². The maximum Gasteiger partial charge on any atom is 0.251 e. The fraction of sp³-hybridized carbons (Fsp3) is 0.385. The van der Waals surface area contributed by atoms with Crippen LogP contribution >= 0.6 is 11.8 Å². The Balaban J connectivity index is 2.54. The Morgan fingerprint density at radius 3 is 2.83 bits per heavy atom. The maximum atomic E-state index is 11.9. The lowest BCUT2D eigenvalue weighted by molar-refractivity contribution is -0.645. The van der Waals surface area contributed by atoms with Gasteiger partial charge in [0.2, 0.25) is 5.91 Å². The molecule has 0 radical (unpaired) electrons. The molecular weight excluding hydrogens is 248 g/mol. The van der Waals surface area contributed by atoms with Crippen LogP contribution in [0.4, 0.5) is 0 Å². The molecule has 0 unspecified atom stereocenters. The van der Waals surface area contributed by atoms with Gasteiger partial charge >= 0.3 is 0 Å². The molecule has 18 heavy (non-hydrogen) atoms. The van der Waals surface area contributed by atoms with E-state index in [0.717, 1.165) is 10.3 Å². The van der Waals surface area contributed by atoms with E-state index in [9.17, 15) is 10.0 Å². The van der Waals surface area contributed by atoms with Gasteiger partial charge in [-0.05, 0) is 31.7 Å². The number of nitrogens with zero attached hydrogens (tertiary/aromatic N) is 2. The van der Waals surface area contributed by atoms with E-state index in [2.05, 4.69) is 6.58 Å².